The molecule has 0 heterocycles. The second kappa shape index (κ2) is 34.3. The summed E-state index contributed by atoms with van der Waals surface area (Å²) in [4.78, 5) is 80.5. The monoisotopic (exact) mass is 1040 g/mol. The van der Waals surface area contributed by atoms with E-state index in [1.54, 1.807) is 0 Å². The first kappa shape index (κ1) is 63.0. The zero-order valence-corrected chi connectivity index (χ0v) is 44.3. The van der Waals surface area contributed by atoms with E-state index < -0.39 is 90.1 Å². The second-order valence-corrected chi connectivity index (χ2v) is 20.1. The van der Waals surface area contributed by atoms with Gasteiger partial charge in [-0.2, -0.15) is 0 Å². The van der Waals surface area contributed by atoms with Gasteiger partial charge in [0, 0.05) is 6.54 Å². The molecule has 0 bridgehead atoms. The molecule has 18 N–H and O–H groups in total. The number of carboxylic acids is 1. The molecule has 1 unspecified atom stereocenters. The number of rotatable bonds is 36. The van der Waals surface area contributed by atoms with Crippen LogP contribution in [0.25, 0.3) is 0 Å². The molecule has 3 aromatic rings. The van der Waals surface area contributed by atoms with Gasteiger partial charge in [0.15, 0.2) is 0 Å². The summed E-state index contributed by atoms with van der Waals surface area (Å²) in [6.45, 7) is 8.30. The van der Waals surface area contributed by atoms with Crippen LogP contribution in [-0.4, -0.2) is 126 Å². The lowest BCUT2D eigenvalue weighted by Gasteiger charge is -2.30. The number of benzene rings is 3. The van der Waals surface area contributed by atoms with Gasteiger partial charge in [-0.05, 0) is 119 Å². The highest BCUT2D eigenvalue weighted by Crippen LogP contribution is 2.13. The van der Waals surface area contributed by atoms with Crippen LogP contribution in [-0.2, 0) is 48.0 Å². The van der Waals surface area contributed by atoms with Crippen molar-refractivity contribution in [2.75, 3.05) is 19.6 Å². The van der Waals surface area contributed by atoms with Crippen LogP contribution >= 0.6 is 0 Å². The Balaban J connectivity index is 1.62. The molecule has 3 rings (SSSR count). The fourth-order valence-electron chi connectivity index (χ4n) is 8.45. The van der Waals surface area contributed by atoms with Crippen LogP contribution in [0.3, 0.4) is 0 Å². The first-order chi connectivity index (χ1) is 35.8. The van der Waals surface area contributed by atoms with E-state index in [9.17, 15) is 39.0 Å². The molecule has 3 aromatic carbocycles. The van der Waals surface area contributed by atoms with Crippen LogP contribution in [0.5, 0.6) is 0 Å². The Morgan fingerprint density at radius 1 is 0.507 bits per heavy atom. The van der Waals surface area contributed by atoms with Crippen molar-refractivity contribution < 1.29 is 39.0 Å². The second-order valence-electron chi connectivity index (χ2n) is 20.1. The molecule has 20 nitrogen and oxygen atoms in total. The molecule has 0 saturated heterocycles. The topological polar surface area (TPSA) is 355 Å². The Hall–Kier alpha value is -6.29. The Morgan fingerprint density at radius 3 is 1.41 bits per heavy atom. The predicted molar refractivity (Wildman–Crippen MR) is 292 cm³/mol. The molecule has 0 saturated carbocycles. The lowest BCUT2D eigenvalue weighted by atomic mass is 9.99. The number of carbonyl (C=O) groups is 6. The van der Waals surface area contributed by atoms with Crippen LogP contribution < -0.4 is 60.2 Å². The average molecular weight is 1040 g/mol. The van der Waals surface area contributed by atoms with Crippen LogP contribution in [0.4, 0.5) is 0 Å². The number of hydrogen-bond donors (Lipinski definition) is 14. The van der Waals surface area contributed by atoms with Crippen molar-refractivity contribution in [3.8, 4) is 0 Å². The molecule has 0 aliphatic carbocycles. The summed E-state index contributed by atoms with van der Waals surface area (Å²) in [6.07, 6.45) is 1.84. The average Bonchev–Trinajstić information content (AvgIpc) is 3.37. The van der Waals surface area contributed by atoms with Crippen molar-refractivity contribution in [1.29, 1.82) is 5.41 Å². The SMILES string of the molecule is CC(C)C[C@@H](NC(=N)[C@@H](Cc1ccccc1)NC(=O)[C@H](N)Cc1ccccc1)C(=O)N[C@H](CCCN)C(=O)NCCCC[C@@H](NC(O)[C@@H](CCCN)NC(=O)[C@@H](CC(C)C)NC(=O)[C@H](N)Cc1ccccc1)C(=O)O. The quantitative estimate of drug-likeness (QED) is 0.0170. The van der Waals surface area contributed by atoms with Gasteiger partial charge in [0.05, 0.1) is 24.2 Å². The molecule has 0 fully saturated rings. The Labute approximate surface area is 442 Å². The van der Waals surface area contributed by atoms with Gasteiger partial charge >= 0.3 is 5.97 Å². The molecule has 0 aromatic heterocycles. The number of aliphatic carboxylic acids is 1. The van der Waals surface area contributed by atoms with Crippen molar-refractivity contribution in [3.05, 3.63) is 108 Å². The lowest BCUT2D eigenvalue weighted by molar-refractivity contribution is -0.141. The van der Waals surface area contributed by atoms with Gasteiger partial charge in [-0.25, -0.2) is 0 Å². The number of aliphatic hydroxyl groups excluding tert-OH is 1. The highest BCUT2D eigenvalue weighted by molar-refractivity contribution is 5.96. The van der Waals surface area contributed by atoms with E-state index in [2.05, 4.69) is 37.2 Å². The number of aliphatic hydroxyl groups is 1. The lowest BCUT2D eigenvalue weighted by Crippen LogP contribution is -2.59. The molecule has 9 atom stereocenters. The van der Waals surface area contributed by atoms with Crippen molar-refractivity contribution in [2.45, 2.75) is 159 Å². The maximum Gasteiger partial charge on any atom is 0.320 e. The van der Waals surface area contributed by atoms with Gasteiger partial charge in [-0.1, -0.05) is 119 Å². The van der Waals surface area contributed by atoms with E-state index >= 15 is 0 Å². The smallest absolute Gasteiger partial charge is 0.320 e. The summed E-state index contributed by atoms with van der Waals surface area (Å²) in [5, 5.41) is 50.6. The minimum absolute atomic E-state index is 0.00297. The third-order valence-corrected chi connectivity index (χ3v) is 12.6. The third kappa shape index (κ3) is 24.3. The molecule has 75 heavy (non-hydrogen) atoms. The van der Waals surface area contributed by atoms with E-state index in [0.717, 1.165) is 16.7 Å². The number of nitrogens with one attached hydrogen (secondary N) is 8. The van der Waals surface area contributed by atoms with Crippen molar-refractivity contribution >= 4 is 41.3 Å². The maximum absolute atomic E-state index is 14.1. The Morgan fingerprint density at radius 2 is 0.933 bits per heavy atom. The van der Waals surface area contributed by atoms with Gasteiger partial charge in [-0.15, -0.1) is 0 Å². The number of hydrogen-bond acceptors (Lipinski definition) is 13. The van der Waals surface area contributed by atoms with E-state index in [4.69, 9.17) is 28.3 Å². The standard InChI is InChI=1S/C55H86N12O8/c1-35(2)30-46(62-48(60)45(34-39-22-12-7-13-23-39)66-49(68)40(58)32-37-18-8-5-9-19-37)53(72)63-42(25-16-27-56)51(70)61-29-15-14-24-44(55(74)75)65-52(71)43(26-17-28-57)64-54(73)47(31-36(3)4)67-50(69)41(59)33-38-20-10-6-11-21-38/h5-13,18-23,35-36,40-47,52,65,71H,14-17,24-34,56-59H2,1-4H3,(H2,60,62)(H,61,70)(H,63,72)(H,64,73)(H,66,68)(H,67,69)(H,74,75)/t40-,41-,42-,43-,44-,45-,46-,47-,52?/m1/s1. The molecule has 0 aliphatic rings. The fourth-order valence-corrected chi connectivity index (χ4v) is 8.45. The number of amides is 5. The van der Waals surface area contributed by atoms with Gasteiger partial charge in [0.1, 0.15) is 36.2 Å². The highest BCUT2D eigenvalue weighted by Gasteiger charge is 2.32. The largest absolute Gasteiger partial charge is 0.480 e. The molecule has 0 radical (unpaired) electrons. The van der Waals surface area contributed by atoms with E-state index in [-0.39, 0.29) is 82.3 Å². The summed E-state index contributed by atoms with van der Waals surface area (Å²) >= 11 is 0. The van der Waals surface area contributed by atoms with Gasteiger partial charge in [0.2, 0.25) is 29.5 Å². The number of nitrogens with two attached hydrogens (primary N) is 4. The zero-order valence-electron chi connectivity index (χ0n) is 44.3. The summed E-state index contributed by atoms with van der Waals surface area (Å²) in [6, 6.07) is 20.2. The summed E-state index contributed by atoms with van der Waals surface area (Å²) in [7, 11) is 0. The van der Waals surface area contributed by atoms with E-state index in [1.807, 2.05) is 119 Å². The van der Waals surface area contributed by atoms with Crippen LogP contribution in [0.15, 0.2) is 91.0 Å². The fraction of sp³-hybridized carbons (Fsp3) is 0.545. The van der Waals surface area contributed by atoms with Crippen LogP contribution in [0.1, 0.15) is 102 Å². The van der Waals surface area contributed by atoms with Crippen molar-refractivity contribution in [1.82, 2.24) is 37.2 Å². The summed E-state index contributed by atoms with van der Waals surface area (Å²) in [5.74, 6) is -3.84. The Bertz CT molecular complexity index is 2190. The molecule has 414 valence electrons. The summed E-state index contributed by atoms with van der Waals surface area (Å²) in [5.41, 5.74) is 26.8. The zero-order chi connectivity index (χ0) is 55.3. The first-order valence-corrected chi connectivity index (χ1v) is 26.4. The third-order valence-electron chi connectivity index (χ3n) is 12.6. The molecule has 5 amide bonds. The molecule has 0 aliphatic heterocycles. The molecule has 20 heteroatoms. The van der Waals surface area contributed by atoms with Gasteiger partial charge in [-0.3, -0.25) is 39.5 Å². The maximum atomic E-state index is 14.1. The van der Waals surface area contributed by atoms with Crippen LogP contribution in [0, 0.1) is 17.2 Å². The summed E-state index contributed by atoms with van der Waals surface area (Å²) < 4.78 is 0. The first-order valence-electron chi connectivity index (χ1n) is 26.4. The normalized spacial score (nSPS) is 15.0. The van der Waals surface area contributed by atoms with Crippen LogP contribution in [0.2, 0.25) is 0 Å². The van der Waals surface area contributed by atoms with Gasteiger partial charge in [0.25, 0.3) is 0 Å². The van der Waals surface area contributed by atoms with E-state index in [0.29, 0.717) is 32.1 Å². The molecular weight excluding hydrogens is 957 g/mol. The van der Waals surface area contributed by atoms with Gasteiger partial charge < -0.3 is 65.0 Å². The highest BCUT2D eigenvalue weighted by atomic mass is 16.4. The Kier molecular flexibility index (Phi) is 28.8. The van der Waals surface area contributed by atoms with Crippen molar-refractivity contribution in [2.24, 2.45) is 34.8 Å². The number of carbonyl (C=O) groups excluding carboxylic acids is 5. The minimum Gasteiger partial charge on any atom is -0.480 e. The number of amidine groups is 1. The minimum atomic E-state index is -1.50. The molecule has 0 spiro atoms. The number of unbranched alkanes of at least 4 members (excludes halogenated alkanes) is 1. The van der Waals surface area contributed by atoms with Crippen molar-refractivity contribution in [3.63, 3.8) is 0 Å². The molecular formula is C55H86N12O8. The number of carboxylic acid groups (broad SMARTS) is 1. The van der Waals surface area contributed by atoms with E-state index in [1.165, 1.54) is 0 Å². The predicted octanol–water partition coefficient (Wildman–Crippen LogP) is 1.46.